The van der Waals surface area contributed by atoms with Crippen LogP contribution in [0.15, 0.2) is 10.9 Å². The summed E-state index contributed by atoms with van der Waals surface area (Å²) in [6.45, 7) is 3.99. The number of nitrogens with one attached hydrogen (secondary N) is 2. The summed E-state index contributed by atoms with van der Waals surface area (Å²) < 4.78 is 0. The summed E-state index contributed by atoms with van der Waals surface area (Å²) in [6, 6.07) is 1.62. The van der Waals surface area contributed by atoms with Gasteiger partial charge in [0.1, 0.15) is 11.6 Å². The average Bonchev–Trinajstić information content (AvgIpc) is 3.02. The summed E-state index contributed by atoms with van der Waals surface area (Å²) in [5.41, 5.74) is -0.0243. The molecule has 0 saturated carbocycles. The van der Waals surface area contributed by atoms with E-state index in [2.05, 4.69) is 20.2 Å². The van der Waals surface area contributed by atoms with E-state index in [1.165, 1.54) is 12.8 Å². The normalized spacial score (nSPS) is 24.5. The van der Waals surface area contributed by atoms with Crippen molar-refractivity contribution >= 4 is 5.82 Å². The van der Waals surface area contributed by atoms with Gasteiger partial charge in [0, 0.05) is 31.6 Å². The molecule has 2 N–H and O–H groups in total. The molecule has 0 amide bonds. The van der Waals surface area contributed by atoms with Crippen LogP contribution in [-0.4, -0.2) is 36.1 Å². The van der Waals surface area contributed by atoms with E-state index in [1.54, 1.807) is 6.07 Å². The molecule has 0 aliphatic carbocycles. The quantitative estimate of drug-likeness (QED) is 0.780. The van der Waals surface area contributed by atoms with E-state index < -0.39 is 0 Å². The Bertz CT molecular complexity index is 407. The van der Waals surface area contributed by atoms with Gasteiger partial charge in [-0.05, 0) is 25.8 Å². The van der Waals surface area contributed by atoms with Crippen molar-refractivity contribution in [2.45, 2.75) is 25.2 Å². The number of hydrogen-bond acceptors (Lipinski definition) is 4. The first-order chi connectivity index (χ1) is 8.33. The maximum atomic E-state index is 11.7. The number of anilines is 1. The number of aromatic amines is 1. The molecule has 17 heavy (non-hydrogen) atoms. The molecule has 0 aromatic carbocycles. The lowest BCUT2D eigenvalue weighted by Crippen LogP contribution is -2.24. The first-order valence-electron chi connectivity index (χ1n) is 6.40. The molecule has 0 bridgehead atoms. The molecule has 1 aromatic rings. The molecule has 2 saturated heterocycles. The molecule has 3 rings (SSSR count). The van der Waals surface area contributed by atoms with Crippen molar-refractivity contribution in [1.29, 1.82) is 0 Å². The summed E-state index contributed by atoms with van der Waals surface area (Å²) in [6.07, 6.45) is 3.47. The summed E-state index contributed by atoms with van der Waals surface area (Å²) in [7, 11) is 0. The molecule has 0 spiro atoms. The first kappa shape index (κ1) is 10.8. The van der Waals surface area contributed by atoms with Crippen LogP contribution < -0.4 is 15.8 Å². The maximum absolute atomic E-state index is 11.7. The maximum Gasteiger partial charge on any atom is 0.252 e. The third-order valence-corrected chi connectivity index (χ3v) is 3.62. The van der Waals surface area contributed by atoms with Crippen molar-refractivity contribution in [3.8, 4) is 0 Å². The summed E-state index contributed by atoms with van der Waals surface area (Å²) in [5.74, 6) is 2.07. The van der Waals surface area contributed by atoms with E-state index in [4.69, 9.17) is 0 Å². The van der Waals surface area contributed by atoms with Crippen LogP contribution in [0.3, 0.4) is 0 Å². The zero-order valence-electron chi connectivity index (χ0n) is 9.91. The van der Waals surface area contributed by atoms with Crippen molar-refractivity contribution in [2.24, 2.45) is 0 Å². The van der Waals surface area contributed by atoms with Crippen molar-refractivity contribution in [3.05, 3.63) is 22.2 Å². The Morgan fingerprint density at radius 1 is 1.35 bits per heavy atom. The second-order valence-corrected chi connectivity index (χ2v) is 4.87. The van der Waals surface area contributed by atoms with Crippen molar-refractivity contribution < 1.29 is 0 Å². The van der Waals surface area contributed by atoms with Gasteiger partial charge in [-0.2, -0.15) is 0 Å². The summed E-state index contributed by atoms with van der Waals surface area (Å²) in [4.78, 5) is 21.4. The van der Waals surface area contributed by atoms with Gasteiger partial charge in [-0.15, -0.1) is 0 Å². The highest BCUT2D eigenvalue weighted by Gasteiger charge is 2.21. The molecule has 3 heterocycles. The first-order valence-corrected chi connectivity index (χ1v) is 6.40. The Morgan fingerprint density at radius 2 is 2.18 bits per heavy atom. The molecular weight excluding hydrogens is 216 g/mol. The van der Waals surface area contributed by atoms with Gasteiger partial charge in [0.25, 0.3) is 5.56 Å². The number of nitrogens with zero attached hydrogens (tertiary/aromatic N) is 2. The summed E-state index contributed by atoms with van der Waals surface area (Å²) >= 11 is 0. The van der Waals surface area contributed by atoms with E-state index in [0.29, 0.717) is 5.92 Å². The molecule has 1 atom stereocenters. The minimum atomic E-state index is -0.0243. The van der Waals surface area contributed by atoms with Crippen LogP contribution >= 0.6 is 0 Å². The standard InChI is InChI=1S/C12H18N4O/c17-11-7-10(16-5-1-2-6-16)14-12(15-11)9-3-4-13-8-9/h7,9,13H,1-6,8H2,(H,14,15,17). The van der Waals surface area contributed by atoms with E-state index in [-0.39, 0.29) is 5.56 Å². The van der Waals surface area contributed by atoms with Gasteiger partial charge in [0.05, 0.1) is 0 Å². The topological polar surface area (TPSA) is 61.0 Å². The SMILES string of the molecule is O=c1cc(N2CCCC2)nc(C2CCNC2)[nH]1. The Labute approximate surface area is 100 Å². The molecule has 92 valence electrons. The van der Waals surface area contributed by atoms with Crippen LogP contribution in [0.25, 0.3) is 0 Å². The second kappa shape index (κ2) is 4.49. The molecule has 5 heteroatoms. The average molecular weight is 234 g/mol. The smallest absolute Gasteiger partial charge is 0.252 e. The zero-order valence-corrected chi connectivity index (χ0v) is 9.91. The van der Waals surface area contributed by atoms with Gasteiger partial charge < -0.3 is 15.2 Å². The molecule has 2 aliphatic heterocycles. The van der Waals surface area contributed by atoms with Crippen molar-refractivity contribution in [1.82, 2.24) is 15.3 Å². The predicted molar refractivity (Wildman–Crippen MR) is 66.5 cm³/mol. The Morgan fingerprint density at radius 3 is 2.88 bits per heavy atom. The van der Waals surface area contributed by atoms with Gasteiger partial charge in [-0.25, -0.2) is 4.98 Å². The zero-order chi connectivity index (χ0) is 11.7. The van der Waals surface area contributed by atoms with Crippen LogP contribution in [-0.2, 0) is 0 Å². The molecular formula is C12H18N4O. The highest BCUT2D eigenvalue weighted by atomic mass is 16.1. The van der Waals surface area contributed by atoms with Gasteiger partial charge >= 0.3 is 0 Å². The molecule has 2 aliphatic rings. The number of aromatic nitrogens is 2. The predicted octanol–water partition coefficient (Wildman–Crippen LogP) is 0.447. The minimum Gasteiger partial charge on any atom is -0.356 e. The molecule has 5 nitrogen and oxygen atoms in total. The fourth-order valence-electron chi connectivity index (χ4n) is 2.65. The van der Waals surface area contributed by atoms with Crippen molar-refractivity contribution in [3.63, 3.8) is 0 Å². The molecule has 0 radical (unpaired) electrons. The Hall–Kier alpha value is -1.36. The van der Waals surface area contributed by atoms with E-state index in [1.807, 2.05) is 0 Å². The monoisotopic (exact) mass is 234 g/mol. The lowest BCUT2D eigenvalue weighted by Gasteiger charge is -2.17. The lowest BCUT2D eigenvalue weighted by molar-refractivity contribution is 0.693. The summed E-state index contributed by atoms with van der Waals surface area (Å²) in [5, 5.41) is 3.30. The van der Waals surface area contributed by atoms with Crippen LogP contribution in [0.2, 0.25) is 0 Å². The van der Waals surface area contributed by atoms with Crippen molar-refractivity contribution in [2.75, 3.05) is 31.1 Å². The Kier molecular flexibility index (Phi) is 2.84. The largest absolute Gasteiger partial charge is 0.356 e. The second-order valence-electron chi connectivity index (χ2n) is 4.87. The fraction of sp³-hybridized carbons (Fsp3) is 0.667. The van der Waals surface area contributed by atoms with Gasteiger partial charge in [-0.3, -0.25) is 4.79 Å². The molecule has 2 fully saturated rings. The highest BCUT2D eigenvalue weighted by Crippen LogP contribution is 2.21. The van der Waals surface area contributed by atoms with Gasteiger partial charge in [-0.1, -0.05) is 0 Å². The van der Waals surface area contributed by atoms with Crippen LogP contribution in [0, 0.1) is 0 Å². The fourth-order valence-corrected chi connectivity index (χ4v) is 2.65. The highest BCUT2D eigenvalue weighted by molar-refractivity contribution is 5.38. The number of hydrogen-bond donors (Lipinski definition) is 2. The third-order valence-electron chi connectivity index (χ3n) is 3.62. The molecule has 1 aromatic heterocycles. The van der Waals surface area contributed by atoms with Crippen LogP contribution in [0.1, 0.15) is 31.0 Å². The van der Waals surface area contributed by atoms with Gasteiger partial charge in [0.2, 0.25) is 0 Å². The Balaban J connectivity index is 1.91. The van der Waals surface area contributed by atoms with Crippen LogP contribution in [0.5, 0.6) is 0 Å². The number of rotatable bonds is 2. The third kappa shape index (κ3) is 2.20. The van der Waals surface area contributed by atoms with E-state index in [9.17, 15) is 4.79 Å². The minimum absolute atomic E-state index is 0.0243. The van der Waals surface area contributed by atoms with E-state index >= 15 is 0 Å². The van der Waals surface area contributed by atoms with Crippen LogP contribution in [0.4, 0.5) is 5.82 Å². The van der Waals surface area contributed by atoms with Gasteiger partial charge in [0.15, 0.2) is 0 Å². The van der Waals surface area contributed by atoms with E-state index in [0.717, 1.165) is 44.2 Å². The lowest BCUT2D eigenvalue weighted by atomic mass is 10.1. The molecule has 1 unspecified atom stereocenters. The number of H-pyrrole nitrogens is 1.